The highest BCUT2D eigenvalue weighted by Gasteiger charge is 2.16. The van der Waals surface area contributed by atoms with Crippen molar-refractivity contribution in [2.75, 3.05) is 5.32 Å². The molecule has 5 nitrogen and oxygen atoms in total. The Morgan fingerprint density at radius 3 is 2.72 bits per heavy atom. The molecule has 0 bridgehead atoms. The lowest BCUT2D eigenvalue weighted by Gasteiger charge is -2.13. The van der Waals surface area contributed by atoms with Crippen molar-refractivity contribution in [2.45, 2.75) is 25.8 Å². The van der Waals surface area contributed by atoms with Crippen LogP contribution in [0.2, 0.25) is 0 Å². The zero-order chi connectivity index (χ0) is 13.7. The summed E-state index contributed by atoms with van der Waals surface area (Å²) in [5.41, 5.74) is 6.02. The number of hydrogen-bond acceptors (Lipinski definition) is 3. The lowest BCUT2D eigenvalue weighted by molar-refractivity contribution is -0.117. The summed E-state index contributed by atoms with van der Waals surface area (Å²) >= 11 is 2.02. The normalized spacial score (nSPS) is 11.9. The van der Waals surface area contributed by atoms with Crippen molar-refractivity contribution in [2.24, 2.45) is 5.73 Å². The first-order valence-electron chi connectivity index (χ1n) is 5.55. The molecule has 0 saturated carbocycles. The second-order valence-corrected chi connectivity index (χ2v) is 5.13. The van der Waals surface area contributed by atoms with Crippen LogP contribution in [0.3, 0.4) is 0 Å². The largest absolute Gasteiger partial charge is 0.478 e. The van der Waals surface area contributed by atoms with Gasteiger partial charge in [0.25, 0.3) is 0 Å². The predicted molar refractivity (Wildman–Crippen MR) is 77.6 cm³/mol. The first-order valence-corrected chi connectivity index (χ1v) is 6.62. The van der Waals surface area contributed by atoms with Crippen molar-refractivity contribution in [3.8, 4) is 0 Å². The van der Waals surface area contributed by atoms with Gasteiger partial charge in [-0.05, 0) is 47.2 Å². The summed E-state index contributed by atoms with van der Waals surface area (Å²) in [6, 6.07) is 4.19. The van der Waals surface area contributed by atoms with Crippen LogP contribution in [-0.2, 0) is 4.79 Å². The summed E-state index contributed by atoms with van der Waals surface area (Å²) in [6.07, 6.45) is 1.37. The summed E-state index contributed by atoms with van der Waals surface area (Å²) in [4.78, 5) is 22.8. The minimum absolute atomic E-state index is 0.0685. The molecule has 1 aromatic rings. The van der Waals surface area contributed by atoms with E-state index in [1.807, 2.05) is 29.5 Å². The number of hydrogen-bond donors (Lipinski definition) is 3. The van der Waals surface area contributed by atoms with Gasteiger partial charge >= 0.3 is 5.97 Å². The number of carboxylic acid groups (broad SMARTS) is 1. The molecular weight excluding hydrogens is 347 g/mol. The quantitative estimate of drug-likeness (QED) is 0.699. The van der Waals surface area contributed by atoms with E-state index >= 15 is 0 Å². The molecule has 1 atom stereocenters. The average molecular weight is 362 g/mol. The number of rotatable bonds is 5. The molecule has 0 unspecified atom stereocenters. The number of amides is 1. The number of anilines is 1. The van der Waals surface area contributed by atoms with Gasteiger partial charge in [-0.25, -0.2) is 4.79 Å². The van der Waals surface area contributed by atoms with E-state index in [2.05, 4.69) is 5.32 Å². The van der Waals surface area contributed by atoms with Crippen molar-refractivity contribution < 1.29 is 14.7 Å². The molecule has 0 aromatic heterocycles. The van der Waals surface area contributed by atoms with E-state index in [0.717, 1.165) is 9.99 Å². The molecule has 1 amide bonds. The Kier molecular flexibility index (Phi) is 5.54. The number of aromatic carboxylic acids is 1. The average Bonchev–Trinajstić information content (AvgIpc) is 2.31. The zero-order valence-electron chi connectivity index (χ0n) is 9.94. The predicted octanol–water partition coefficient (Wildman–Crippen LogP) is 2.06. The fraction of sp³-hybridized carbons (Fsp3) is 0.333. The third kappa shape index (κ3) is 3.95. The van der Waals surface area contributed by atoms with E-state index < -0.39 is 12.0 Å². The summed E-state index contributed by atoms with van der Waals surface area (Å²) in [5, 5.41) is 11.6. The van der Waals surface area contributed by atoms with Gasteiger partial charge in [-0.1, -0.05) is 13.3 Å². The van der Waals surface area contributed by atoms with Crippen molar-refractivity contribution in [1.82, 2.24) is 0 Å². The molecule has 0 aliphatic carbocycles. The van der Waals surface area contributed by atoms with E-state index in [1.165, 1.54) is 6.07 Å². The minimum atomic E-state index is -1.08. The van der Waals surface area contributed by atoms with Gasteiger partial charge in [-0.3, -0.25) is 4.79 Å². The molecule has 6 heteroatoms. The molecule has 1 aromatic carbocycles. The van der Waals surface area contributed by atoms with Crippen LogP contribution in [0.1, 0.15) is 30.1 Å². The summed E-state index contributed by atoms with van der Waals surface area (Å²) < 4.78 is 0.792. The van der Waals surface area contributed by atoms with Gasteiger partial charge in [0.15, 0.2) is 0 Å². The number of benzene rings is 1. The summed E-state index contributed by atoms with van der Waals surface area (Å²) in [6.45, 7) is 1.93. The second-order valence-electron chi connectivity index (χ2n) is 3.88. The Balaban J connectivity index is 2.90. The molecule has 0 spiro atoms. The molecule has 4 N–H and O–H groups in total. The van der Waals surface area contributed by atoms with Crippen LogP contribution in [0, 0.1) is 3.57 Å². The smallest absolute Gasteiger partial charge is 0.337 e. The molecule has 0 aliphatic heterocycles. The second kappa shape index (κ2) is 6.69. The highest BCUT2D eigenvalue weighted by molar-refractivity contribution is 14.1. The number of halogens is 1. The zero-order valence-corrected chi connectivity index (χ0v) is 12.1. The Morgan fingerprint density at radius 1 is 1.50 bits per heavy atom. The maximum absolute atomic E-state index is 11.7. The summed E-state index contributed by atoms with van der Waals surface area (Å²) in [7, 11) is 0. The lowest BCUT2D eigenvalue weighted by Crippen LogP contribution is -2.35. The van der Waals surface area contributed by atoms with E-state index in [0.29, 0.717) is 6.42 Å². The minimum Gasteiger partial charge on any atom is -0.478 e. The van der Waals surface area contributed by atoms with Crippen LogP contribution in [0.15, 0.2) is 18.2 Å². The highest BCUT2D eigenvalue weighted by atomic mass is 127. The molecule has 0 fully saturated rings. The van der Waals surface area contributed by atoms with Crippen molar-refractivity contribution >= 4 is 40.2 Å². The van der Waals surface area contributed by atoms with E-state index in [9.17, 15) is 9.59 Å². The van der Waals surface area contributed by atoms with Crippen LogP contribution in [0.25, 0.3) is 0 Å². The molecule has 0 radical (unpaired) electrons. The fourth-order valence-corrected chi connectivity index (χ4v) is 1.96. The molecule has 18 heavy (non-hydrogen) atoms. The van der Waals surface area contributed by atoms with E-state index in [-0.39, 0.29) is 17.2 Å². The van der Waals surface area contributed by atoms with Gasteiger partial charge in [0, 0.05) is 3.57 Å². The first kappa shape index (κ1) is 14.9. The number of carbonyl (C=O) groups is 2. The number of carboxylic acids is 1. The van der Waals surface area contributed by atoms with Gasteiger partial charge in [0.05, 0.1) is 17.3 Å². The maximum Gasteiger partial charge on any atom is 0.337 e. The third-order valence-corrected chi connectivity index (χ3v) is 3.08. The Hall–Kier alpha value is -1.15. The van der Waals surface area contributed by atoms with Crippen molar-refractivity contribution in [1.29, 1.82) is 0 Å². The number of nitrogens with one attached hydrogen (secondary N) is 1. The van der Waals surface area contributed by atoms with Gasteiger partial charge in [0.1, 0.15) is 0 Å². The number of carbonyl (C=O) groups excluding carboxylic acids is 1. The van der Waals surface area contributed by atoms with Crippen LogP contribution in [-0.4, -0.2) is 23.0 Å². The van der Waals surface area contributed by atoms with Gasteiger partial charge in [0.2, 0.25) is 5.91 Å². The molecule has 0 aliphatic rings. The van der Waals surface area contributed by atoms with Crippen molar-refractivity contribution in [3.63, 3.8) is 0 Å². The summed E-state index contributed by atoms with van der Waals surface area (Å²) in [5.74, 6) is -1.44. The monoisotopic (exact) mass is 362 g/mol. The molecular formula is C12H15IN2O3. The Labute approximate surface area is 119 Å². The van der Waals surface area contributed by atoms with E-state index in [1.54, 1.807) is 12.1 Å². The first-order chi connectivity index (χ1) is 8.45. The highest BCUT2D eigenvalue weighted by Crippen LogP contribution is 2.19. The topological polar surface area (TPSA) is 92.4 Å². The molecule has 0 saturated heterocycles. The molecule has 0 heterocycles. The van der Waals surface area contributed by atoms with E-state index in [4.69, 9.17) is 10.8 Å². The Bertz CT molecular complexity index is 463. The van der Waals surface area contributed by atoms with Gasteiger partial charge in [-0.2, -0.15) is 0 Å². The van der Waals surface area contributed by atoms with Crippen LogP contribution >= 0.6 is 22.6 Å². The van der Waals surface area contributed by atoms with Crippen LogP contribution in [0.5, 0.6) is 0 Å². The fourth-order valence-electron chi connectivity index (χ4n) is 1.47. The third-order valence-electron chi connectivity index (χ3n) is 2.41. The number of nitrogens with two attached hydrogens (primary N) is 1. The maximum atomic E-state index is 11.7. The lowest BCUT2D eigenvalue weighted by atomic mass is 10.1. The standard InChI is InChI=1S/C12H15IN2O3/c1-2-3-9(14)11(16)15-10-5-4-7(13)6-8(10)12(17)18/h4-6,9H,2-3,14H2,1H3,(H,15,16)(H,17,18)/t9-/m0/s1. The molecule has 1 rings (SSSR count). The van der Waals surface area contributed by atoms with Crippen LogP contribution in [0.4, 0.5) is 5.69 Å². The van der Waals surface area contributed by atoms with Crippen molar-refractivity contribution in [3.05, 3.63) is 27.3 Å². The molecule has 98 valence electrons. The van der Waals surface area contributed by atoms with Gasteiger partial charge < -0.3 is 16.2 Å². The Morgan fingerprint density at radius 2 is 2.17 bits per heavy atom. The SMILES string of the molecule is CCC[C@H](N)C(=O)Nc1ccc(I)cc1C(=O)O. The van der Waals surface area contributed by atoms with Crippen LogP contribution < -0.4 is 11.1 Å². The van der Waals surface area contributed by atoms with Gasteiger partial charge in [-0.15, -0.1) is 0 Å².